The van der Waals surface area contributed by atoms with E-state index in [0.29, 0.717) is 15.8 Å². The maximum absolute atomic E-state index is 11.8. The molecule has 0 saturated heterocycles. The van der Waals surface area contributed by atoms with E-state index in [9.17, 15) is 4.79 Å². The first kappa shape index (κ1) is 19.9. The highest BCUT2D eigenvalue weighted by atomic mass is 35.5. The van der Waals surface area contributed by atoms with E-state index >= 15 is 0 Å². The van der Waals surface area contributed by atoms with Crippen LogP contribution in [0.5, 0.6) is 0 Å². The van der Waals surface area contributed by atoms with Gasteiger partial charge in [-0.25, -0.2) is 5.43 Å². The Bertz CT molecular complexity index is 926. The standard InChI is InChI=1S/C19H14Cl2N2O2S2/c20-13-1-6-16(7-2-13)26-12-18(24)23-22-11-15-5-10-19(25-15)27-17-8-3-14(21)4-9-17/h1-11H,12H2,(H,23,24)/b22-11-. The van der Waals surface area contributed by atoms with Gasteiger partial charge in [0.1, 0.15) is 5.76 Å². The van der Waals surface area contributed by atoms with Crippen LogP contribution >= 0.6 is 46.7 Å². The number of hydrogen-bond donors (Lipinski definition) is 1. The third-order valence-corrected chi connectivity index (χ3v) is 5.64. The third kappa shape index (κ3) is 6.66. The molecule has 0 unspecified atom stereocenters. The molecule has 27 heavy (non-hydrogen) atoms. The fourth-order valence-corrected chi connectivity index (χ4v) is 3.68. The monoisotopic (exact) mass is 436 g/mol. The summed E-state index contributed by atoms with van der Waals surface area (Å²) in [6, 6.07) is 18.4. The number of nitrogens with zero attached hydrogens (tertiary/aromatic N) is 1. The molecule has 0 atom stereocenters. The van der Waals surface area contributed by atoms with Gasteiger partial charge in [0.2, 0.25) is 5.91 Å². The molecule has 1 aromatic heterocycles. The van der Waals surface area contributed by atoms with Crippen molar-refractivity contribution in [2.75, 3.05) is 5.75 Å². The molecule has 0 bridgehead atoms. The summed E-state index contributed by atoms with van der Waals surface area (Å²) in [4.78, 5) is 13.8. The number of halogens is 2. The average Bonchev–Trinajstić information content (AvgIpc) is 3.10. The average molecular weight is 437 g/mol. The summed E-state index contributed by atoms with van der Waals surface area (Å²) in [5.41, 5.74) is 2.48. The molecule has 138 valence electrons. The lowest BCUT2D eigenvalue weighted by Gasteiger charge is -2.00. The van der Waals surface area contributed by atoms with E-state index in [-0.39, 0.29) is 11.7 Å². The number of hydrazone groups is 1. The second kappa shape index (κ2) is 9.90. The van der Waals surface area contributed by atoms with Crippen LogP contribution in [0.1, 0.15) is 5.76 Å². The van der Waals surface area contributed by atoms with Gasteiger partial charge in [-0.1, -0.05) is 35.0 Å². The van der Waals surface area contributed by atoms with Crippen LogP contribution in [-0.2, 0) is 4.79 Å². The summed E-state index contributed by atoms with van der Waals surface area (Å²) < 4.78 is 5.65. The van der Waals surface area contributed by atoms with Crippen molar-refractivity contribution in [3.05, 3.63) is 76.5 Å². The second-order valence-electron chi connectivity index (χ2n) is 5.25. The van der Waals surface area contributed by atoms with Crippen LogP contribution in [0.3, 0.4) is 0 Å². The van der Waals surface area contributed by atoms with E-state index in [0.717, 1.165) is 14.9 Å². The first-order valence-electron chi connectivity index (χ1n) is 7.82. The Hall–Kier alpha value is -1.86. The van der Waals surface area contributed by atoms with Gasteiger partial charge in [0.15, 0.2) is 5.09 Å². The lowest BCUT2D eigenvalue weighted by atomic mass is 10.4. The minimum atomic E-state index is -0.200. The van der Waals surface area contributed by atoms with E-state index < -0.39 is 0 Å². The molecule has 3 aromatic rings. The van der Waals surface area contributed by atoms with Crippen molar-refractivity contribution in [3.8, 4) is 0 Å². The maximum atomic E-state index is 11.8. The number of hydrogen-bond acceptors (Lipinski definition) is 5. The topological polar surface area (TPSA) is 54.6 Å². The fourth-order valence-electron chi connectivity index (χ4n) is 1.96. The Morgan fingerprint density at radius 3 is 2.26 bits per heavy atom. The zero-order valence-corrected chi connectivity index (χ0v) is 17.0. The molecule has 1 N–H and O–H groups in total. The summed E-state index contributed by atoms with van der Waals surface area (Å²) in [6.45, 7) is 0. The molecule has 4 nitrogen and oxygen atoms in total. The van der Waals surface area contributed by atoms with Crippen LogP contribution < -0.4 is 5.43 Å². The summed E-state index contributed by atoms with van der Waals surface area (Å²) in [5.74, 6) is 0.611. The molecule has 0 fully saturated rings. The first-order valence-corrected chi connectivity index (χ1v) is 10.4. The molecule has 0 aliphatic carbocycles. The van der Waals surface area contributed by atoms with Crippen LogP contribution in [0.25, 0.3) is 0 Å². The van der Waals surface area contributed by atoms with E-state index in [2.05, 4.69) is 10.5 Å². The zero-order chi connectivity index (χ0) is 19.1. The molecule has 1 heterocycles. The Kier molecular flexibility index (Phi) is 7.29. The fraction of sp³-hybridized carbons (Fsp3) is 0.0526. The van der Waals surface area contributed by atoms with Crippen LogP contribution in [0, 0.1) is 0 Å². The molecule has 0 aliphatic heterocycles. The molecule has 0 spiro atoms. The molecule has 8 heteroatoms. The predicted molar refractivity (Wildman–Crippen MR) is 112 cm³/mol. The highest BCUT2D eigenvalue weighted by Crippen LogP contribution is 2.29. The third-order valence-electron chi connectivity index (χ3n) is 3.20. The van der Waals surface area contributed by atoms with Crippen molar-refractivity contribution >= 4 is 58.8 Å². The van der Waals surface area contributed by atoms with Crippen molar-refractivity contribution in [3.63, 3.8) is 0 Å². The highest BCUT2D eigenvalue weighted by molar-refractivity contribution is 8.00. The Morgan fingerprint density at radius 1 is 0.963 bits per heavy atom. The number of nitrogens with one attached hydrogen (secondary N) is 1. The van der Waals surface area contributed by atoms with Crippen molar-refractivity contribution in [1.29, 1.82) is 0 Å². The van der Waals surface area contributed by atoms with Crippen molar-refractivity contribution in [1.82, 2.24) is 5.43 Å². The quantitative estimate of drug-likeness (QED) is 0.281. The van der Waals surface area contributed by atoms with Crippen molar-refractivity contribution in [2.24, 2.45) is 5.10 Å². The lowest BCUT2D eigenvalue weighted by molar-refractivity contribution is -0.118. The summed E-state index contributed by atoms with van der Waals surface area (Å²) in [5, 5.41) is 6.00. The molecule has 1 amide bonds. The first-order chi connectivity index (χ1) is 13.1. The number of amides is 1. The Balaban J connectivity index is 1.45. The molecular formula is C19H14Cl2N2O2S2. The van der Waals surface area contributed by atoms with Crippen LogP contribution in [-0.4, -0.2) is 17.9 Å². The second-order valence-corrected chi connectivity index (χ2v) is 8.25. The molecule has 0 aliphatic rings. The summed E-state index contributed by atoms with van der Waals surface area (Å²) in [7, 11) is 0. The van der Waals surface area contributed by atoms with Gasteiger partial charge in [-0.3, -0.25) is 4.79 Å². The lowest BCUT2D eigenvalue weighted by Crippen LogP contribution is -2.19. The van der Waals surface area contributed by atoms with E-state index in [1.54, 1.807) is 18.2 Å². The van der Waals surface area contributed by atoms with E-state index in [1.165, 1.54) is 29.7 Å². The van der Waals surface area contributed by atoms with Crippen LogP contribution in [0.4, 0.5) is 0 Å². The molecule has 3 rings (SSSR count). The van der Waals surface area contributed by atoms with Crippen molar-refractivity contribution < 1.29 is 9.21 Å². The maximum Gasteiger partial charge on any atom is 0.250 e. The smallest absolute Gasteiger partial charge is 0.250 e. The zero-order valence-electron chi connectivity index (χ0n) is 13.9. The molecule has 0 radical (unpaired) electrons. The highest BCUT2D eigenvalue weighted by Gasteiger charge is 2.04. The SMILES string of the molecule is O=C(CSc1ccc(Cl)cc1)N/N=C\c1ccc(Sc2ccc(Cl)cc2)o1. The van der Waals surface area contributed by atoms with Gasteiger partial charge < -0.3 is 4.42 Å². The minimum Gasteiger partial charge on any atom is -0.448 e. The summed E-state index contributed by atoms with van der Waals surface area (Å²) in [6.07, 6.45) is 1.47. The molecule has 0 saturated carbocycles. The Labute approximate surface area is 175 Å². The number of thioether (sulfide) groups is 1. The number of carbonyl (C=O) groups is 1. The number of carbonyl (C=O) groups excluding carboxylic acids is 1. The van der Waals surface area contributed by atoms with Gasteiger partial charge in [-0.2, -0.15) is 5.10 Å². The number of rotatable bonds is 7. The minimum absolute atomic E-state index is 0.200. The molecular weight excluding hydrogens is 423 g/mol. The van der Waals surface area contributed by atoms with Gasteiger partial charge in [0, 0.05) is 19.8 Å². The largest absolute Gasteiger partial charge is 0.448 e. The van der Waals surface area contributed by atoms with Gasteiger partial charge >= 0.3 is 0 Å². The van der Waals surface area contributed by atoms with E-state index in [4.69, 9.17) is 27.6 Å². The van der Waals surface area contributed by atoms with Crippen LogP contribution in [0.2, 0.25) is 10.0 Å². The Morgan fingerprint density at radius 2 is 1.59 bits per heavy atom. The number of furan rings is 1. The van der Waals surface area contributed by atoms with Gasteiger partial charge in [0.25, 0.3) is 0 Å². The van der Waals surface area contributed by atoms with Crippen LogP contribution in [0.15, 0.2) is 85.1 Å². The van der Waals surface area contributed by atoms with Gasteiger partial charge in [-0.15, -0.1) is 11.8 Å². The van der Waals surface area contributed by atoms with E-state index in [1.807, 2.05) is 42.5 Å². The van der Waals surface area contributed by atoms with Gasteiger partial charge in [0.05, 0.1) is 12.0 Å². The van der Waals surface area contributed by atoms with Crippen molar-refractivity contribution in [2.45, 2.75) is 14.9 Å². The number of benzene rings is 2. The normalized spacial score (nSPS) is 11.0. The molecule has 2 aromatic carbocycles. The summed E-state index contributed by atoms with van der Waals surface area (Å²) >= 11 is 14.6. The predicted octanol–water partition coefficient (Wildman–Crippen LogP) is 5.98. The van der Waals surface area contributed by atoms with Gasteiger partial charge in [-0.05, 0) is 60.7 Å².